The van der Waals surface area contributed by atoms with E-state index in [4.69, 9.17) is 4.74 Å². The molecule has 0 aliphatic carbocycles. The summed E-state index contributed by atoms with van der Waals surface area (Å²) >= 11 is 0. The van der Waals surface area contributed by atoms with Crippen LogP contribution < -0.4 is 10.1 Å². The highest BCUT2D eigenvalue weighted by Gasteiger charge is 2.44. The highest BCUT2D eigenvalue weighted by molar-refractivity contribution is 5.82. The molecule has 13 heteroatoms. The fourth-order valence-corrected chi connectivity index (χ4v) is 3.33. The van der Waals surface area contributed by atoms with Crippen LogP contribution >= 0.6 is 0 Å². The van der Waals surface area contributed by atoms with Crippen molar-refractivity contribution in [1.29, 1.82) is 0 Å². The summed E-state index contributed by atoms with van der Waals surface area (Å²) in [4.78, 5) is 12.4. The van der Waals surface area contributed by atoms with Crippen molar-refractivity contribution in [1.82, 2.24) is 19.5 Å². The minimum atomic E-state index is -4.82. The summed E-state index contributed by atoms with van der Waals surface area (Å²) in [6.07, 6.45) is -6.92. The number of ether oxygens (including phenoxy) is 2. The topological polar surface area (TPSA) is 135 Å². The lowest BCUT2D eigenvalue weighted by atomic mass is 10.1. The van der Waals surface area contributed by atoms with Crippen LogP contribution in [0, 0.1) is 0 Å². The van der Waals surface area contributed by atoms with Crippen molar-refractivity contribution in [2.24, 2.45) is 0 Å². The Bertz CT molecular complexity index is 1060. The van der Waals surface area contributed by atoms with Crippen LogP contribution in [0.1, 0.15) is 11.8 Å². The van der Waals surface area contributed by atoms with Gasteiger partial charge in [-0.1, -0.05) is 18.2 Å². The molecule has 2 aromatic heterocycles. The summed E-state index contributed by atoms with van der Waals surface area (Å²) in [5, 5.41) is 32.4. The van der Waals surface area contributed by atoms with Gasteiger partial charge < -0.3 is 30.1 Å². The molecule has 0 saturated carbocycles. The zero-order chi connectivity index (χ0) is 22.2. The van der Waals surface area contributed by atoms with Crippen LogP contribution in [0.15, 0.2) is 36.9 Å². The number of alkyl halides is 3. The maximum atomic E-state index is 12.6. The molecule has 0 unspecified atom stereocenters. The summed E-state index contributed by atoms with van der Waals surface area (Å²) in [6, 6.07) is 5.68. The van der Waals surface area contributed by atoms with Crippen LogP contribution in [0.25, 0.3) is 11.2 Å². The molecule has 3 heterocycles. The summed E-state index contributed by atoms with van der Waals surface area (Å²) in [5.41, 5.74) is 0.774. The number of nitrogens with zero attached hydrogens (tertiary/aromatic N) is 4. The fraction of sp³-hybridized carbons (Fsp3) is 0.389. The lowest BCUT2D eigenvalue weighted by Gasteiger charge is -2.16. The van der Waals surface area contributed by atoms with E-state index in [1.807, 2.05) is 0 Å². The summed E-state index contributed by atoms with van der Waals surface area (Å²) in [5.74, 6) is -0.109. The lowest BCUT2D eigenvalue weighted by Crippen LogP contribution is -2.33. The average Bonchev–Trinajstić information content (AvgIpc) is 3.28. The maximum absolute atomic E-state index is 12.6. The van der Waals surface area contributed by atoms with Gasteiger partial charge in [-0.05, 0) is 6.07 Å². The molecule has 1 aliphatic heterocycles. The molecular weight excluding hydrogens is 423 g/mol. The number of hydrogen-bond acceptors (Lipinski definition) is 9. The van der Waals surface area contributed by atoms with Gasteiger partial charge in [0.25, 0.3) is 0 Å². The second kappa shape index (κ2) is 8.26. The van der Waals surface area contributed by atoms with Gasteiger partial charge in [0.2, 0.25) is 0 Å². The van der Waals surface area contributed by atoms with Crippen molar-refractivity contribution in [3.63, 3.8) is 0 Å². The van der Waals surface area contributed by atoms with Gasteiger partial charge in [-0.3, -0.25) is 4.57 Å². The summed E-state index contributed by atoms with van der Waals surface area (Å²) < 4.78 is 48.8. The van der Waals surface area contributed by atoms with Crippen LogP contribution in [0.4, 0.5) is 19.0 Å². The van der Waals surface area contributed by atoms with Crippen molar-refractivity contribution in [2.75, 3.05) is 11.9 Å². The number of halogens is 3. The number of aromatic nitrogens is 4. The largest absolute Gasteiger partial charge is 0.573 e. The van der Waals surface area contributed by atoms with E-state index in [0.717, 1.165) is 0 Å². The van der Waals surface area contributed by atoms with Gasteiger partial charge >= 0.3 is 6.36 Å². The normalized spacial score (nSPS) is 23.9. The van der Waals surface area contributed by atoms with Crippen molar-refractivity contribution >= 4 is 17.0 Å². The number of nitrogens with one attached hydrogen (secondary N) is 1. The fourth-order valence-electron chi connectivity index (χ4n) is 3.33. The predicted octanol–water partition coefficient (Wildman–Crippen LogP) is 0.949. The first-order valence-electron chi connectivity index (χ1n) is 9.16. The number of para-hydroxylation sites is 1. The Kier molecular flexibility index (Phi) is 5.66. The highest BCUT2D eigenvalue weighted by Crippen LogP contribution is 2.32. The van der Waals surface area contributed by atoms with Gasteiger partial charge in [0.15, 0.2) is 23.2 Å². The Labute approximate surface area is 172 Å². The van der Waals surface area contributed by atoms with Crippen molar-refractivity contribution in [3.05, 3.63) is 42.5 Å². The molecule has 10 nitrogen and oxygen atoms in total. The third-order valence-corrected chi connectivity index (χ3v) is 4.79. The number of hydrogen-bond donors (Lipinski definition) is 4. The van der Waals surface area contributed by atoms with E-state index in [9.17, 15) is 28.5 Å². The molecule has 1 aromatic carbocycles. The molecule has 166 valence electrons. The third-order valence-electron chi connectivity index (χ3n) is 4.79. The molecule has 4 rings (SSSR count). The van der Waals surface area contributed by atoms with Crippen molar-refractivity contribution < 1.29 is 38.0 Å². The zero-order valence-electron chi connectivity index (χ0n) is 15.8. The molecule has 31 heavy (non-hydrogen) atoms. The number of aliphatic hydroxyl groups excluding tert-OH is 3. The molecule has 0 radical (unpaired) electrons. The van der Waals surface area contributed by atoms with Crippen molar-refractivity contribution in [2.45, 2.75) is 37.4 Å². The van der Waals surface area contributed by atoms with Gasteiger partial charge in [0.1, 0.15) is 30.4 Å². The number of benzene rings is 1. The third kappa shape index (κ3) is 4.25. The molecule has 1 aliphatic rings. The Morgan fingerprint density at radius 3 is 2.61 bits per heavy atom. The first-order valence-corrected chi connectivity index (χ1v) is 9.16. The predicted molar refractivity (Wildman–Crippen MR) is 98.8 cm³/mol. The van der Waals surface area contributed by atoms with Crippen LogP contribution in [0.3, 0.4) is 0 Å². The molecule has 4 atom stereocenters. The quantitative estimate of drug-likeness (QED) is 0.441. The van der Waals surface area contributed by atoms with Gasteiger partial charge in [-0.2, -0.15) is 0 Å². The molecule has 1 saturated heterocycles. The molecule has 3 aromatic rings. The van der Waals surface area contributed by atoms with Gasteiger partial charge in [0.05, 0.1) is 12.9 Å². The van der Waals surface area contributed by atoms with E-state index < -0.39 is 37.5 Å². The number of aliphatic hydroxyl groups is 3. The van der Waals surface area contributed by atoms with E-state index in [0.29, 0.717) is 0 Å². The minimum Gasteiger partial charge on any atom is -0.405 e. The van der Waals surface area contributed by atoms with Crippen LogP contribution in [0.5, 0.6) is 5.75 Å². The van der Waals surface area contributed by atoms with E-state index >= 15 is 0 Å². The van der Waals surface area contributed by atoms with Gasteiger partial charge in [-0.25, -0.2) is 15.0 Å². The molecular formula is C18H18F3N5O5. The first-order chi connectivity index (χ1) is 14.8. The molecule has 0 spiro atoms. The number of rotatable bonds is 6. The summed E-state index contributed by atoms with van der Waals surface area (Å²) in [7, 11) is 0. The molecule has 0 bridgehead atoms. The first kappa shape index (κ1) is 21.2. The number of anilines is 1. The standard InChI is InChI=1S/C18H18F3N5O5/c19-18(20,21)31-10-4-2-1-3-9(10)5-22-15-12-16(24-7-23-15)26(8-25-12)17-14(29)13(28)11(6-27)30-17/h1-4,7-8,11,13-14,17,27-29H,5-6H2,(H,22,23,24)/t11-,13-,14+,17-/m1/s1. The van der Waals surface area contributed by atoms with E-state index in [1.54, 1.807) is 6.07 Å². The number of imidazole rings is 1. The zero-order valence-corrected chi connectivity index (χ0v) is 15.8. The Morgan fingerprint density at radius 2 is 1.90 bits per heavy atom. The smallest absolute Gasteiger partial charge is 0.405 e. The molecule has 4 N–H and O–H groups in total. The van der Waals surface area contributed by atoms with Crippen LogP contribution in [-0.4, -0.2) is 66.1 Å². The Balaban J connectivity index is 1.58. The SMILES string of the molecule is OC[C@H]1O[C@@H](n2cnc3c(NCc4ccccc4OC(F)(F)F)ncnc32)[C@@H](O)[C@@H]1O. The molecule has 1 fully saturated rings. The number of fused-ring (bicyclic) bond motifs is 1. The second-order valence-electron chi connectivity index (χ2n) is 6.78. The Hall–Kier alpha value is -3.00. The minimum absolute atomic E-state index is 0.0426. The van der Waals surface area contributed by atoms with Gasteiger partial charge in [-0.15, -0.1) is 13.2 Å². The van der Waals surface area contributed by atoms with Crippen molar-refractivity contribution in [3.8, 4) is 5.75 Å². The maximum Gasteiger partial charge on any atom is 0.573 e. The van der Waals surface area contributed by atoms with Crippen LogP contribution in [-0.2, 0) is 11.3 Å². The second-order valence-corrected chi connectivity index (χ2v) is 6.78. The monoisotopic (exact) mass is 441 g/mol. The lowest BCUT2D eigenvalue weighted by molar-refractivity contribution is -0.274. The molecule has 0 amide bonds. The van der Waals surface area contributed by atoms with E-state index in [1.165, 1.54) is 35.4 Å². The van der Waals surface area contributed by atoms with E-state index in [-0.39, 0.29) is 34.8 Å². The van der Waals surface area contributed by atoms with Crippen LogP contribution in [0.2, 0.25) is 0 Å². The highest BCUT2D eigenvalue weighted by atomic mass is 19.4. The van der Waals surface area contributed by atoms with Gasteiger partial charge in [0, 0.05) is 12.1 Å². The Morgan fingerprint density at radius 1 is 1.13 bits per heavy atom. The summed E-state index contributed by atoms with van der Waals surface area (Å²) in [6.45, 7) is -0.526. The van der Waals surface area contributed by atoms with E-state index in [2.05, 4.69) is 25.0 Å². The average molecular weight is 441 g/mol.